The van der Waals surface area contributed by atoms with Crippen LogP contribution in [0.2, 0.25) is 0 Å². The van der Waals surface area contributed by atoms with Gasteiger partial charge in [-0.3, -0.25) is 4.79 Å². The van der Waals surface area contributed by atoms with Gasteiger partial charge in [-0.2, -0.15) is 0 Å². The Bertz CT molecular complexity index is 391. The Kier molecular flexibility index (Phi) is 5.63. The summed E-state index contributed by atoms with van der Waals surface area (Å²) in [6.45, 7) is 3.63. The highest BCUT2D eigenvalue weighted by molar-refractivity contribution is 5.85. The molecule has 1 aliphatic rings. The minimum absolute atomic E-state index is 0. The van der Waals surface area contributed by atoms with Crippen molar-refractivity contribution >= 4 is 18.3 Å². The van der Waals surface area contributed by atoms with Gasteiger partial charge in [0.1, 0.15) is 0 Å². The maximum atomic E-state index is 11.9. The van der Waals surface area contributed by atoms with Crippen LogP contribution in [0.25, 0.3) is 0 Å². The molecule has 1 atom stereocenters. The van der Waals surface area contributed by atoms with Gasteiger partial charge in [-0.25, -0.2) is 0 Å². The highest BCUT2D eigenvalue weighted by Gasteiger charge is 2.22. The summed E-state index contributed by atoms with van der Waals surface area (Å²) < 4.78 is 0. The van der Waals surface area contributed by atoms with Crippen LogP contribution < -0.4 is 5.73 Å². The Labute approximate surface area is 115 Å². The maximum Gasteiger partial charge on any atom is 0.222 e. The van der Waals surface area contributed by atoms with Crippen molar-refractivity contribution in [3.63, 3.8) is 0 Å². The van der Waals surface area contributed by atoms with E-state index in [4.69, 9.17) is 5.73 Å². The highest BCUT2D eigenvalue weighted by atomic mass is 35.5. The van der Waals surface area contributed by atoms with Crippen molar-refractivity contribution in [1.29, 1.82) is 0 Å². The molecule has 1 aromatic rings. The molecule has 2 rings (SSSR count). The van der Waals surface area contributed by atoms with E-state index >= 15 is 0 Å². The van der Waals surface area contributed by atoms with Gasteiger partial charge in [-0.15, -0.1) is 12.4 Å². The predicted octanol–water partition coefficient (Wildman–Crippen LogP) is 1.91. The molecule has 0 saturated carbocycles. The number of carbonyl (C=O) groups is 1. The normalized spacial score (nSPS) is 18.6. The molecule has 2 N–H and O–H groups in total. The zero-order valence-electron chi connectivity index (χ0n) is 10.8. The molecule has 1 aromatic carbocycles. The van der Waals surface area contributed by atoms with Crippen LogP contribution in [0, 0.1) is 6.92 Å². The summed E-state index contributed by atoms with van der Waals surface area (Å²) in [6.07, 6.45) is 2.36. The van der Waals surface area contributed by atoms with Gasteiger partial charge in [0, 0.05) is 25.6 Å². The second kappa shape index (κ2) is 6.76. The van der Waals surface area contributed by atoms with Gasteiger partial charge in [0.25, 0.3) is 0 Å². The SMILES string of the molecule is Cc1ccc(CCC(=O)N2CC[C@@H](N)C2)cc1.Cl. The van der Waals surface area contributed by atoms with E-state index in [1.165, 1.54) is 11.1 Å². The molecule has 0 bridgehead atoms. The molecule has 1 heterocycles. The molecule has 4 heteroatoms. The first-order valence-corrected chi connectivity index (χ1v) is 6.24. The predicted molar refractivity (Wildman–Crippen MR) is 75.9 cm³/mol. The number of rotatable bonds is 3. The van der Waals surface area contributed by atoms with Gasteiger partial charge in [-0.1, -0.05) is 29.8 Å². The van der Waals surface area contributed by atoms with E-state index in [-0.39, 0.29) is 24.4 Å². The summed E-state index contributed by atoms with van der Waals surface area (Å²) in [6, 6.07) is 8.55. The Morgan fingerprint density at radius 2 is 2.06 bits per heavy atom. The Morgan fingerprint density at radius 1 is 1.39 bits per heavy atom. The number of benzene rings is 1. The lowest BCUT2D eigenvalue weighted by Gasteiger charge is -2.15. The van der Waals surface area contributed by atoms with Crippen molar-refractivity contribution in [2.75, 3.05) is 13.1 Å². The molecule has 18 heavy (non-hydrogen) atoms. The summed E-state index contributed by atoms with van der Waals surface area (Å²) in [7, 11) is 0. The molecular formula is C14H21ClN2O. The first kappa shape index (κ1) is 15.0. The molecule has 100 valence electrons. The number of hydrogen-bond donors (Lipinski definition) is 1. The third-order valence-corrected chi connectivity index (χ3v) is 3.33. The molecule has 0 spiro atoms. The van der Waals surface area contributed by atoms with Crippen LogP contribution in [0.15, 0.2) is 24.3 Å². The van der Waals surface area contributed by atoms with Crippen molar-refractivity contribution in [1.82, 2.24) is 4.90 Å². The van der Waals surface area contributed by atoms with Crippen LogP contribution in [0.4, 0.5) is 0 Å². The molecule has 0 radical (unpaired) electrons. The molecule has 0 aliphatic carbocycles. The van der Waals surface area contributed by atoms with Crippen molar-refractivity contribution in [3.8, 4) is 0 Å². The average molecular weight is 269 g/mol. The van der Waals surface area contributed by atoms with Crippen LogP contribution in [0.1, 0.15) is 24.0 Å². The second-order valence-electron chi connectivity index (χ2n) is 4.87. The van der Waals surface area contributed by atoms with Gasteiger partial charge in [-0.05, 0) is 25.3 Å². The van der Waals surface area contributed by atoms with E-state index in [1.807, 2.05) is 4.90 Å². The minimum Gasteiger partial charge on any atom is -0.341 e. The van der Waals surface area contributed by atoms with Gasteiger partial charge in [0.15, 0.2) is 0 Å². The lowest BCUT2D eigenvalue weighted by molar-refractivity contribution is -0.130. The zero-order chi connectivity index (χ0) is 12.3. The van der Waals surface area contributed by atoms with Crippen molar-refractivity contribution < 1.29 is 4.79 Å². The Hall–Kier alpha value is -1.06. The molecule has 1 saturated heterocycles. The van der Waals surface area contributed by atoms with Crippen LogP contribution in [-0.4, -0.2) is 29.9 Å². The Morgan fingerprint density at radius 3 is 2.61 bits per heavy atom. The van der Waals surface area contributed by atoms with Crippen LogP contribution in [-0.2, 0) is 11.2 Å². The van der Waals surface area contributed by atoms with Crippen LogP contribution in [0.5, 0.6) is 0 Å². The molecular weight excluding hydrogens is 248 g/mol. The molecule has 0 unspecified atom stereocenters. The van der Waals surface area contributed by atoms with Gasteiger partial charge in [0.2, 0.25) is 5.91 Å². The van der Waals surface area contributed by atoms with E-state index in [1.54, 1.807) is 0 Å². The quantitative estimate of drug-likeness (QED) is 0.910. The van der Waals surface area contributed by atoms with E-state index in [0.717, 1.165) is 25.9 Å². The minimum atomic E-state index is 0. The highest BCUT2D eigenvalue weighted by Crippen LogP contribution is 2.11. The lowest BCUT2D eigenvalue weighted by Crippen LogP contribution is -2.31. The van der Waals surface area contributed by atoms with Gasteiger partial charge in [0.05, 0.1) is 0 Å². The fourth-order valence-electron chi connectivity index (χ4n) is 2.18. The van der Waals surface area contributed by atoms with Crippen molar-refractivity contribution in [2.24, 2.45) is 5.73 Å². The number of amides is 1. The number of hydrogen-bond acceptors (Lipinski definition) is 2. The van der Waals surface area contributed by atoms with Gasteiger partial charge < -0.3 is 10.6 Å². The lowest BCUT2D eigenvalue weighted by atomic mass is 10.1. The van der Waals surface area contributed by atoms with E-state index in [2.05, 4.69) is 31.2 Å². The van der Waals surface area contributed by atoms with E-state index in [0.29, 0.717) is 6.42 Å². The third-order valence-electron chi connectivity index (χ3n) is 3.33. The topological polar surface area (TPSA) is 46.3 Å². The fraction of sp³-hybridized carbons (Fsp3) is 0.500. The number of nitrogens with two attached hydrogens (primary N) is 1. The maximum absolute atomic E-state index is 11.9. The van der Waals surface area contributed by atoms with Crippen molar-refractivity contribution in [2.45, 2.75) is 32.2 Å². The number of likely N-dealkylation sites (tertiary alicyclic amines) is 1. The van der Waals surface area contributed by atoms with Crippen molar-refractivity contribution in [3.05, 3.63) is 35.4 Å². The van der Waals surface area contributed by atoms with E-state index in [9.17, 15) is 4.79 Å². The summed E-state index contributed by atoms with van der Waals surface area (Å²) in [5.41, 5.74) is 8.28. The molecule has 1 fully saturated rings. The van der Waals surface area contributed by atoms with Gasteiger partial charge >= 0.3 is 0 Å². The summed E-state index contributed by atoms with van der Waals surface area (Å²) in [5, 5.41) is 0. The second-order valence-corrected chi connectivity index (χ2v) is 4.87. The Balaban J connectivity index is 0.00000162. The standard InChI is InChI=1S/C14H20N2O.ClH/c1-11-2-4-12(5-3-11)6-7-14(17)16-9-8-13(15)10-16;/h2-5,13H,6-10,15H2,1H3;1H/t13-;/m1./s1. The number of aryl methyl sites for hydroxylation is 2. The smallest absolute Gasteiger partial charge is 0.222 e. The van der Waals surface area contributed by atoms with Crippen LogP contribution >= 0.6 is 12.4 Å². The monoisotopic (exact) mass is 268 g/mol. The third kappa shape index (κ3) is 4.00. The van der Waals surface area contributed by atoms with Crippen LogP contribution in [0.3, 0.4) is 0 Å². The molecule has 0 aromatic heterocycles. The summed E-state index contributed by atoms with van der Waals surface area (Å²) >= 11 is 0. The zero-order valence-corrected chi connectivity index (χ0v) is 11.6. The number of halogens is 1. The largest absolute Gasteiger partial charge is 0.341 e. The van der Waals surface area contributed by atoms with E-state index < -0.39 is 0 Å². The number of nitrogens with zero attached hydrogens (tertiary/aromatic N) is 1. The molecule has 3 nitrogen and oxygen atoms in total. The fourth-order valence-corrected chi connectivity index (χ4v) is 2.18. The summed E-state index contributed by atoms with van der Waals surface area (Å²) in [5.74, 6) is 0.235. The average Bonchev–Trinajstić information content (AvgIpc) is 2.75. The first-order valence-electron chi connectivity index (χ1n) is 6.24. The number of carbonyl (C=O) groups excluding carboxylic acids is 1. The molecule has 1 amide bonds. The molecule has 1 aliphatic heterocycles. The first-order chi connectivity index (χ1) is 8.15. The summed E-state index contributed by atoms with van der Waals surface area (Å²) in [4.78, 5) is 13.8.